The summed E-state index contributed by atoms with van der Waals surface area (Å²) in [6.07, 6.45) is 0. The quantitative estimate of drug-likeness (QED) is 0.735. The van der Waals surface area contributed by atoms with Gasteiger partial charge in [-0.2, -0.15) is 0 Å². The van der Waals surface area contributed by atoms with E-state index in [1.165, 1.54) is 12.1 Å². The fourth-order valence-corrected chi connectivity index (χ4v) is 2.44. The van der Waals surface area contributed by atoms with Crippen molar-refractivity contribution in [3.63, 3.8) is 0 Å². The molecule has 1 unspecified atom stereocenters. The van der Waals surface area contributed by atoms with Crippen LogP contribution in [-0.4, -0.2) is 16.9 Å². The van der Waals surface area contributed by atoms with Gasteiger partial charge in [0.1, 0.15) is 17.4 Å². The smallest absolute Gasteiger partial charge is 0.246 e. The lowest BCUT2D eigenvalue weighted by Gasteiger charge is -2.15. The molecule has 0 spiro atoms. The number of amides is 1. The molecule has 1 amide bonds. The van der Waals surface area contributed by atoms with Crippen molar-refractivity contribution in [2.75, 3.05) is 10.6 Å². The lowest BCUT2D eigenvalue weighted by atomic mass is 10.2. The number of aryl methyl sites for hydroxylation is 1. The Morgan fingerprint density at radius 1 is 1.29 bits per heavy atom. The third-order valence-corrected chi connectivity index (χ3v) is 3.70. The van der Waals surface area contributed by atoms with E-state index in [1.54, 1.807) is 32.0 Å². The van der Waals surface area contributed by atoms with Gasteiger partial charge in [-0.3, -0.25) is 4.79 Å². The van der Waals surface area contributed by atoms with Crippen molar-refractivity contribution in [3.05, 3.63) is 53.1 Å². The Morgan fingerprint density at radius 2 is 2.08 bits per heavy atom. The van der Waals surface area contributed by atoms with Gasteiger partial charge in [-0.05, 0) is 43.3 Å². The van der Waals surface area contributed by atoms with Crippen molar-refractivity contribution < 1.29 is 13.6 Å². The average Bonchev–Trinajstić information content (AvgIpc) is 2.89. The molecule has 0 aliphatic rings. The van der Waals surface area contributed by atoms with Gasteiger partial charge < -0.3 is 15.1 Å². The van der Waals surface area contributed by atoms with Gasteiger partial charge in [-0.15, -0.1) is 0 Å². The molecule has 0 fully saturated rings. The molecule has 1 atom stereocenters. The Morgan fingerprint density at radius 3 is 2.83 bits per heavy atom. The maximum absolute atomic E-state index is 13.7. The lowest BCUT2D eigenvalue weighted by molar-refractivity contribution is -0.116. The molecular formula is C17H15ClFN3O2. The normalized spacial score (nSPS) is 12.2. The number of benzene rings is 2. The van der Waals surface area contributed by atoms with E-state index in [9.17, 15) is 9.18 Å². The van der Waals surface area contributed by atoms with Crippen LogP contribution >= 0.6 is 11.6 Å². The van der Waals surface area contributed by atoms with Crippen molar-refractivity contribution in [2.24, 2.45) is 0 Å². The number of fused-ring (bicyclic) bond motifs is 1. The summed E-state index contributed by atoms with van der Waals surface area (Å²) in [5, 5.41) is 5.85. The van der Waals surface area contributed by atoms with Crippen LogP contribution in [0.15, 0.2) is 40.8 Å². The monoisotopic (exact) mass is 347 g/mol. The highest BCUT2D eigenvalue weighted by molar-refractivity contribution is 6.30. The zero-order valence-electron chi connectivity index (χ0n) is 13.1. The molecule has 7 heteroatoms. The van der Waals surface area contributed by atoms with Crippen LogP contribution in [0.3, 0.4) is 0 Å². The zero-order valence-corrected chi connectivity index (χ0v) is 13.8. The number of hydrogen-bond donors (Lipinski definition) is 2. The first kappa shape index (κ1) is 16.3. The first-order valence-electron chi connectivity index (χ1n) is 7.32. The van der Waals surface area contributed by atoms with E-state index in [4.69, 9.17) is 16.0 Å². The Labute approximate surface area is 142 Å². The van der Waals surface area contributed by atoms with Crippen molar-refractivity contribution in [1.82, 2.24) is 4.98 Å². The summed E-state index contributed by atoms with van der Waals surface area (Å²) in [6.45, 7) is 3.45. The summed E-state index contributed by atoms with van der Waals surface area (Å²) >= 11 is 5.69. The van der Waals surface area contributed by atoms with Crippen LogP contribution in [0.2, 0.25) is 5.02 Å². The van der Waals surface area contributed by atoms with Gasteiger partial charge in [-0.1, -0.05) is 11.6 Å². The van der Waals surface area contributed by atoms with Gasteiger partial charge in [0.15, 0.2) is 11.5 Å². The van der Waals surface area contributed by atoms with Crippen LogP contribution in [0, 0.1) is 12.7 Å². The summed E-state index contributed by atoms with van der Waals surface area (Å²) < 4.78 is 19.1. The topological polar surface area (TPSA) is 67.2 Å². The number of carbonyl (C=O) groups excluding carboxylic acids is 1. The number of oxazole rings is 1. The number of nitrogens with one attached hydrogen (secondary N) is 2. The summed E-state index contributed by atoms with van der Waals surface area (Å²) in [6, 6.07) is 8.87. The molecule has 0 saturated heterocycles. The zero-order chi connectivity index (χ0) is 17.3. The SMILES string of the molecule is Cc1nc2cc(NC(C)C(=O)Nc3ccc(Cl)cc3F)ccc2o1. The van der Waals surface area contributed by atoms with Gasteiger partial charge in [-0.25, -0.2) is 9.37 Å². The average molecular weight is 348 g/mol. The third-order valence-electron chi connectivity index (χ3n) is 3.46. The number of hydrogen-bond acceptors (Lipinski definition) is 4. The second-order valence-corrected chi connectivity index (χ2v) is 5.83. The first-order chi connectivity index (χ1) is 11.4. The minimum atomic E-state index is -0.581. The van der Waals surface area contributed by atoms with E-state index in [1.807, 2.05) is 0 Å². The highest BCUT2D eigenvalue weighted by atomic mass is 35.5. The molecular weight excluding hydrogens is 333 g/mol. The molecule has 0 saturated carbocycles. The van der Waals surface area contributed by atoms with Gasteiger partial charge in [0.25, 0.3) is 0 Å². The molecule has 0 radical (unpaired) electrons. The van der Waals surface area contributed by atoms with E-state index in [0.717, 1.165) is 11.8 Å². The summed E-state index contributed by atoms with van der Waals surface area (Å²) in [5.41, 5.74) is 2.18. The highest BCUT2D eigenvalue weighted by Crippen LogP contribution is 2.21. The van der Waals surface area contributed by atoms with Crippen LogP contribution in [0.5, 0.6) is 0 Å². The third kappa shape index (κ3) is 3.49. The van der Waals surface area contributed by atoms with E-state index < -0.39 is 11.9 Å². The van der Waals surface area contributed by atoms with Crippen molar-refractivity contribution >= 4 is 40.0 Å². The predicted octanol–water partition coefficient (Wildman–Crippen LogP) is 4.37. The number of aromatic nitrogens is 1. The Hall–Kier alpha value is -2.60. The largest absolute Gasteiger partial charge is 0.441 e. The fraction of sp³-hybridized carbons (Fsp3) is 0.176. The fourth-order valence-electron chi connectivity index (χ4n) is 2.28. The van der Waals surface area contributed by atoms with Gasteiger partial charge in [0, 0.05) is 17.6 Å². The van der Waals surface area contributed by atoms with Crippen LogP contribution < -0.4 is 10.6 Å². The Balaban J connectivity index is 1.70. The molecule has 24 heavy (non-hydrogen) atoms. The van der Waals surface area contributed by atoms with E-state index >= 15 is 0 Å². The lowest BCUT2D eigenvalue weighted by Crippen LogP contribution is -2.32. The summed E-state index contributed by atoms with van der Waals surface area (Å²) in [7, 11) is 0. The Bertz CT molecular complexity index is 910. The molecule has 0 bridgehead atoms. The second-order valence-electron chi connectivity index (χ2n) is 5.39. The molecule has 1 heterocycles. The minimum absolute atomic E-state index is 0.0839. The molecule has 1 aromatic heterocycles. The van der Waals surface area contributed by atoms with Crippen LogP contribution in [-0.2, 0) is 4.79 Å². The summed E-state index contributed by atoms with van der Waals surface area (Å²) in [5.74, 6) is -0.374. The number of carbonyl (C=O) groups is 1. The van der Waals surface area contributed by atoms with Gasteiger partial charge >= 0.3 is 0 Å². The van der Waals surface area contributed by atoms with E-state index in [2.05, 4.69) is 15.6 Å². The van der Waals surface area contributed by atoms with Gasteiger partial charge in [0.2, 0.25) is 5.91 Å². The van der Waals surface area contributed by atoms with Crippen molar-refractivity contribution in [1.29, 1.82) is 0 Å². The van der Waals surface area contributed by atoms with Crippen LogP contribution in [0.4, 0.5) is 15.8 Å². The summed E-state index contributed by atoms with van der Waals surface area (Å²) in [4.78, 5) is 16.5. The minimum Gasteiger partial charge on any atom is -0.441 e. The molecule has 2 aromatic carbocycles. The molecule has 0 aliphatic heterocycles. The number of anilines is 2. The first-order valence-corrected chi connectivity index (χ1v) is 7.70. The molecule has 5 nitrogen and oxygen atoms in total. The molecule has 124 valence electrons. The number of rotatable bonds is 4. The van der Waals surface area contributed by atoms with Crippen LogP contribution in [0.25, 0.3) is 11.1 Å². The number of halogens is 2. The molecule has 0 aliphatic carbocycles. The Kier molecular flexibility index (Phi) is 4.40. The highest BCUT2D eigenvalue weighted by Gasteiger charge is 2.15. The van der Waals surface area contributed by atoms with E-state index in [0.29, 0.717) is 17.0 Å². The molecule has 3 aromatic rings. The van der Waals surface area contributed by atoms with Crippen molar-refractivity contribution in [2.45, 2.75) is 19.9 Å². The predicted molar refractivity (Wildman–Crippen MR) is 91.9 cm³/mol. The number of nitrogens with zero attached hydrogens (tertiary/aromatic N) is 1. The maximum atomic E-state index is 13.7. The second kappa shape index (κ2) is 6.49. The van der Waals surface area contributed by atoms with Crippen LogP contribution in [0.1, 0.15) is 12.8 Å². The standard InChI is InChI=1S/C17H15ClFN3O2/c1-9(17(23)22-14-5-3-11(18)7-13(14)19)20-12-4-6-16-15(8-12)21-10(2)24-16/h3-9,20H,1-2H3,(H,22,23). The van der Waals surface area contributed by atoms with Gasteiger partial charge in [0.05, 0.1) is 5.69 Å². The molecule has 3 rings (SSSR count). The molecule has 2 N–H and O–H groups in total. The van der Waals surface area contributed by atoms with Crippen molar-refractivity contribution in [3.8, 4) is 0 Å². The maximum Gasteiger partial charge on any atom is 0.246 e. The van der Waals surface area contributed by atoms with E-state index in [-0.39, 0.29) is 16.6 Å².